The third-order valence-corrected chi connectivity index (χ3v) is 3.85. The minimum Gasteiger partial charge on any atom is -0.385 e. The predicted octanol–water partition coefficient (Wildman–Crippen LogP) is 1.07. The number of rotatable bonds is 11. The Morgan fingerprint density at radius 1 is 1.27 bits per heavy atom. The summed E-state index contributed by atoms with van der Waals surface area (Å²) in [5.74, 6) is 0.695. The van der Waals surface area contributed by atoms with Crippen LogP contribution < -0.4 is 16.0 Å². The second kappa shape index (κ2) is 13.1. The van der Waals surface area contributed by atoms with Gasteiger partial charge in [0.15, 0.2) is 5.96 Å². The summed E-state index contributed by atoms with van der Waals surface area (Å²) >= 11 is 0. The topological polar surface area (TPSA) is 78.0 Å². The van der Waals surface area contributed by atoms with Gasteiger partial charge < -0.3 is 25.6 Å². The molecule has 7 nitrogen and oxygen atoms in total. The number of nitrogens with one attached hydrogen (secondary N) is 3. The highest BCUT2D eigenvalue weighted by Crippen LogP contribution is 2.06. The van der Waals surface area contributed by atoms with E-state index in [1.54, 1.807) is 20.2 Å². The average molecular weight is 364 g/mol. The van der Waals surface area contributed by atoms with Crippen LogP contribution in [0, 0.1) is 0 Å². The van der Waals surface area contributed by atoms with Gasteiger partial charge >= 0.3 is 0 Å². The van der Waals surface area contributed by atoms with Crippen molar-refractivity contribution in [1.82, 2.24) is 20.9 Å². The van der Waals surface area contributed by atoms with Crippen LogP contribution in [-0.4, -0.2) is 70.8 Å². The first-order valence-corrected chi connectivity index (χ1v) is 9.11. The first-order valence-electron chi connectivity index (χ1n) is 9.11. The normalized spacial score (nSPS) is 11.5. The molecule has 0 radical (unpaired) electrons. The summed E-state index contributed by atoms with van der Waals surface area (Å²) < 4.78 is 5.07. The van der Waals surface area contributed by atoms with E-state index in [2.05, 4.69) is 32.9 Å². The molecule has 1 rings (SSSR count). The maximum Gasteiger partial charge on any atom is 0.251 e. The van der Waals surface area contributed by atoms with Gasteiger partial charge in [-0.2, -0.15) is 0 Å². The molecular weight excluding hydrogens is 330 g/mol. The largest absolute Gasteiger partial charge is 0.385 e. The zero-order chi connectivity index (χ0) is 19.2. The van der Waals surface area contributed by atoms with E-state index in [1.807, 2.05) is 25.1 Å². The molecule has 0 aliphatic rings. The molecule has 0 aliphatic heterocycles. The SMILES string of the molecule is CCNC(=NCc1cccc(C(=O)NC)c1)NCCN(C)CCCOC. The molecule has 26 heavy (non-hydrogen) atoms. The van der Waals surface area contributed by atoms with Crippen LogP contribution in [0.15, 0.2) is 29.3 Å². The van der Waals surface area contributed by atoms with Crippen LogP contribution in [0.2, 0.25) is 0 Å². The van der Waals surface area contributed by atoms with Gasteiger partial charge in [-0.25, -0.2) is 4.99 Å². The lowest BCUT2D eigenvalue weighted by atomic mass is 10.1. The van der Waals surface area contributed by atoms with Crippen LogP contribution >= 0.6 is 0 Å². The minimum atomic E-state index is -0.0858. The van der Waals surface area contributed by atoms with E-state index in [0.29, 0.717) is 12.1 Å². The summed E-state index contributed by atoms with van der Waals surface area (Å²) in [5, 5.41) is 9.23. The van der Waals surface area contributed by atoms with E-state index in [1.165, 1.54) is 0 Å². The fourth-order valence-electron chi connectivity index (χ4n) is 2.42. The first-order chi connectivity index (χ1) is 12.6. The number of hydrogen-bond donors (Lipinski definition) is 3. The van der Waals surface area contributed by atoms with Gasteiger partial charge in [-0.05, 0) is 38.1 Å². The average Bonchev–Trinajstić information content (AvgIpc) is 2.66. The van der Waals surface area contributed by atoms with E-state index in [0.717, 1.165) is 50.7 Å². The van der Waals surface area contributed by atoms with Gasteiger partial charge in [-0.15, -0.1) is 0 Å². The van der Waals surface area contributed by atoms with E-state index >= 15 is 0 Å². The van der Waals surface area contributed by atoms with Crippen LogP contribution in [-0.2, 0) is 11.3 Å². The number of aliphatic imine (C=N–C) groups is 1. The van der Waals surface area contributed by atoms with E-state index in [4.69, 9.17) is 4.74 Å². The van der Waals surface area contributed by atoms with Crippen molar-refractivity contribution in [3.8, 4) is 0 Å². The Morgan fingerprint density at radius 2 is 2.08 bits per heavy atom. The molecule has 0 saturated heterocycles. The van der Waals surface area contributed by atoms with Crippen molar-refractivity contribution in [2.45, 2.75) is 19.9 Å². The Labute approximate surface area is 157 Å². The molecule has 0 atom stereocenters. The number of methoxy groups -OCH3 is 1. The first kappa shape index (κ1) is 21.9. The van der Waals surface area contributed by atoms with Crippen molar-refractivity contribution in [1.29, 1.82) is 0 Å². The minimum absolute atomic E-state index is 0.0858. The third-order valence-electron chi connectivity index (χ3n) is 3.85. The predicted molar refractivity (Wildman–Crippen MR) is 107 cm³/mol. The van der Waals surface area contributed by atoms with Crippen molar-refractivity contribution >= 4 is 11.9 Å². The number of carbonyl (C=O) groups is 1. The number of likely N-dealkylation sites (N-methyl/N-ethyl adjacent to an activating group) is 1. The summed E-state index contributed by atoms with van der Waals surface area (Å²) in [6, 6.07) is 7.53. The van der Waals surface area contributed by atoms with Crippen molar-refractivity contribution in [3.05, 3.63) is 35.4 Å². The van der Waals surface area contributed by atoms with Crippen LogP contribution in [0.3, 0.4) is 0 Å². The summed E-state index contributed by atoms with van der Waals surface area (Å²) in [7, 11) is 5.46. The van der Waals surface area contributed by atoms with Gasteiger partial charge in [-0.1, -0.05) is 12.1 Å². The molecule has 0 fully saturated rings. The van der Waals surface area contributed by atoms with Crippen LogP contribution in [0.5, 0.6) is 0 Å². The fraction of sp³-hybridized carbons (Fsp3) is 0.579. The molecule has 0 spiro atoms. The summed E-state index contributed by atoms with van der Waals surface area (Å²) in [5.41, 5.74) is 1.65. The molecule has 0 aliphatic carbocycles. The van der Waals surface area contributed by atoms with Gasteiger partial charge in [0.1, 0.15) is 0 Å². The maximum atomic E-state index is 11.7. The number of ether oxygens (including phenoxy) is 1. The highest BCUT2D eigenvalue weighted by molar-refractivity contribution is 5.94. The van der Waals surface area contributed by atoms with Crippen molar-refractivity contribution in [2.75, 3.05) is 54.0 Å². The number of carbonyl (C=O) groups excluding carboxylic acids is 1. The lowest BCUT2D eigenvalue weighted by Crippen LogP contribution is -2.41. The molecule has 0 bridgehead atoms. The highest BCUT2D eigenvalue weighted by Gasteiger charge is 2.04. The second-order valence-corrected chi connectivity index (χ2v) is 6.05. The van der Waals surface area contributed by atoms with Crippen LogP contribution in [0.25, 0.3) is 0 Å². The Bertz CT molecular complexity index is 563. The molecule has 0 unspecified atom stereocenters. The molecule has 0 heterocycles. The molecule has 0 aromatic heterocycles. The number of hydrogen-bond acceptors (Lipinski definition) is 4. The number of guanidine groups is 1. The molecule has 146 valence electrons. The number of benzene rings is 1. The van der Waals surface area contributed by atoms with Gasteiger partial charge in [0.25, 0.3) is 5.91 Å². The lowest BCUT2D eigenvalue weighted by molar-refractivity contribution is 0.0963. The van der Waals surface area contributed by atoms with Crippen molar-refractivity contribution in [2.24, 2.45) is 4.99 Å². The lowest BCUT2D eigenvalue weighted by Gasteiger charge is -2.18. The monoisotopic (exact) mass is 363 g/mol. The van der Waals surface area contributed by atoms with Gasteiger partial charge in [-0.3, -0.25) is 4.79 Å². The third kappa shape index (κ3) is 8.82. The van der Waals surface area contributed by atoms with Crippen LogP contribution in [0.1, 0.15) is 29.3 Å². The summed E-state index contributed by atoms with van der Waals surface area (Å²) in [6.07, 6.45) is 1.03. The van der Waals surface area contributed by atoms with Gasteiger partial charge in [0.2, 0.25) is 0 Å². The molecule has 1 aromatic carbocycles. The summed E-state index contributed by atoms with van der Waals surface area (Å²) in [6.45, 7) is 6.90. The molecule has 0 saturated carbocycles. The van der Waals surface area contributed by atoms with Crippen LogP contribution in [0.4, 0.5) is 0 Å². The maximum absolute atomic E-state index is 11.7. The van der Waals surface area contributed by atoms with Gasteiger partial charge in [0, 0.05) is 52.5 Å². The fourth-order valence-corrected chi connectivity index (χ4v) is 2.42. The summed E-state index contributed by atoms with van der Waals surface area (Å²) in [4.78, 5) is 18.6. The Balaban J connectivity index is 2.51. The molecule has 1 aromatic rings. The molecule has 7 heteroatoms. The highest BCUT2D eigenvalue weighted by atomic mass is 16.5. The molecule has 3 N–H and O–H groups in total. The Hall–Kier alpha value is -2.12. The molecular formula is C19H33N5O2. The number of nitrogens with zero attached hydrogens (tertiary/aromatic N) is 2. The van der Waals surface area contributed by atoms with E-state index in [9.17, 15) is 4.79 Å². The molecule has 1 amide bonds. The zero-order valence-electron chi connectivity index (χ0n) is 16.5. The smallest absolute Gasteiger partial charge is 0.251 e. The Morgan fingerprint density at radius 3 is 2.77 bits per heavy atom. The quantitative estimate of drug-likeness (QED) is 0.311. The van der Waals surface area contributed by atoms with Gasteiger partial charge in [0.05, 0.1) is 6.54 Å². The van der Waals surface area contributed by atoms with E-state index < -0.39 is 0 Å². The Kier molecular flexibility index (Phi) is 11.1. The zero-order valence-corrected chi connectivity index (χ0v) is 16.5. The van der Waals surface area contributed by atoms with E-state index in [-0.39, 0.29) is 5.91 Å². The number of amides is 1. The standard InChI is InChI=1S/C19H33N5O2/c1-5-21-19(22-10-12-24(3)11-7-13-26-4)23-15-16-8-6-9-17(14-16)18(25)20-2/h6,8-9,14H,5,7,10-13,15H2,1-4H3,(H,20,25)(H2,21,22,23). The van der Waals surface area contributed by atoms with Crippen molar-refractivity contribution < 1.29 is 9.53 Å². The second-order valence-electron chi connectivity index (χ2n) is 6.05. The van der Waals surface area contributed by atoms with Crippen molar-refractivity contribution in [3.63, 3.8) is 0 Å².